The van der Waals surface area contributed by atoms with Crippen molar-refractivity contribution in [2.75, 3.05) is 27.7 Å². The Kier molecular flexibility index (Phi) is 4.52. The number of ketones is 1. The van der Waals surface area contributed by atoms with Gasteiger partial charge in [0.25, 0.3) is 0 Å². The van der Waals surface area contributed by atoms with E-state index in [0.717, 1.165) is 26.9 Å². The first kappa shape index (κ1) is 14.7. The van der Waals surface area contributed by atoms with Crippen LogP contribution in [-0.2, 0) is 0 Å². The van der Waals surface area contributed by atoms with E-state index in [0.29, 0.717) is 6.54 Å². The van der Waals surface area contributed by atoms with Gasteiger partial charge < -0.3 is 9.64 Å². The molecule has 0 saturated carbocycles. The number of carbonyl (C=O) groups excluding carboxylic acids is 1. The number of carbonyl (C=O) groups is 1. The molecule has 5 heteroatoms. The summed E-state index contributed by atoms with van der Waals surface area (Å²) in [5, 5.41) is 0.850. The highest BCUT2D eigenvalue weighted by Gasteiger charge is 2.16. The van der Waals surface area contributed by atoms with E-state index >= 15 is 0 Å². The standard InChI is InChI=1S/C15H18N2O2S/c1-10-14(13(18)9-17(2)3)20-15(16-10)11-6-5-7-12(8-11)19-4/h5-8H,9H2,1-4H3. The molecule has 1 aromatic carbocycles. The Bertz CT molecular complexity index is 620. The fraction of sp³-hybridized carbons (Fsp3) is 0.333. The normalized spacial score (nSPS) is 10.8. The fourth-order valence-electron chi connectivity index (χ4n) is 1.89. The van der Waals surface area contributed by atoms with Crippen LogP contribution in [0.2, 0.25) is 0 Å². The molecule has 1 heterocycles. The van der Waals surface area contributed by atoms with Crippen LogP contribution in [0.3, 0.4) is 0 Å². The van der Waals surface area contributed by atoms with Crippen LogP contribution in [0.1, 0.15) is 15.4 Å². The van der Waals surface area contributed by atoms with Gasteiger partial charge in [-0.25, -0.2) is 4.98 Å². The van der Waals surface area contributed by atoms with Crippen molar-refractivity contribution >= 4 is 17.1 Å². The Balaban J connectivity index is 2.33. The molecule has 0 amide bonds. The van der Waals surface area contributed by atoms with Crippen LogP contribution in [0.4, 0.5) is 0 Å². The summed E-state index contributed by atoms with van der Waals surface area (Å²) in [5.41, 5.74) is 1.76. The van der Waals surface area contributed by atoms with Crippen LogP contribution in [-0.4, -0.2) is 43.4 Å². The van der Waals surface area contributed by atoms with Gasteiger partial charge >= 0.3 is 0 Å². The summed E-state index contributed by atoms with van der Waals surface area (Å²) < 4.78 is 5.22. The number of Topliss-reactive ketones (excluding diaryl/α,β-unsaturated/α-hetero) is 1. The number of ether oxygens (including phenoxy) is 1. The molecule has 0 saturated heterocycles. The van der Waals surface area contributed by atoms with E-state index in [1.807, 2.05) is 50.2 Å². The molecule has 4 nitrogen and oxygen atoms in total. The van der Waals surface area contributed by atoms with Gasteiger partial charge in [0.2, 0.25) is 0 Å². The SMILES string of the molecule is COc1cccc(-c2nc(C)c(C(=O)CN(C)C)s2)c1. The lowest BCUT2D eigenvalue weighted by Gasteiger charge is -2.06. The van der Waals surface area contributed by atoms with E-state index in [1.165, 1.54) is 11.3 Å². The van der Waals surface area contributed by atoms with Crippen molar-refractivity contribution < 1.29 is 9.53 Å². The highest BCUT2D eigenvalue weighted by Crippen LogP contribution is 2.30. The lowest BCUT2D eigenvalue weighted by molar-refractivity contribution is 0.0961. The Morgan fingerprint density at radius 1 is 1.40 bits per heavy atom. The maximum absolute atomic E-state index is 12.1. The van der Waals surface area contributed by atoms with Gasteiger partial charge in [0.15, 0.2) is 5.78 Å². The molecule has 0 bridgehead atoms. The molecule has 2 rings (SSSR count). The van der Waals surface area contributed by atoms with Gasteiger partial charge in [0, 0.05) is 5.56 Å². The second-order valence-electron chi connectivity index (χ2n) is 4.83. The zero-order valence-electron chi connectivity index (χ0n) is 12.1. The summed E-state index contributed by atoms with van der Waals surface area (Å²) in [6, 6.07) is 7.72. The molecule has 106 valence electrons. The molecule has 1 aromatic heterocycles. The third-order valence-electron chi connectivity index (χ3n) is 2.83. The number of hydrogen-bond acceptors (Lipinski definition) is 5. The summed E-state index contributed by atoms with van der Waals surface area (Å²) in [4.78, 5) is 19.3. The van der Waals surface area contributed by atoms with Gasteiger partial charge in [-0.15, -0.1) is 11.3 Å². The van der Waals surface area contributed by atoms with Gasteiger partial charge in [-0.2, -0.15) is 0 Å². The van der Waals surface area contributed by atoms with Gasteiger partial charge in [-0.05, 0) is 33.2 Å². The average Bonchev–Trinajstić information content (AvgIpc) is 2.80. The van der Waals surface area contributed by atoms with Crippen molar-refractivity contribution in [1.29, 1.82) is 0 Å². The molecule has 2 aromatic rings. The lowest BCUT2D eigenvalue weighted by atomic mass is 10.2. The van der Waals surface area contributed by atoms with Gasteiger partial charge in [-0.3, -0.25) is 4.79 Å². The van der Waals surface area contributed by atoms with Crippen molar-refractivity contribution in [3.8, 4) is 16.3 Å². The number of rotatable bonds is 5. The molecule has 0 aliphatic heterocycles. The number of benzene rings is 1. The minimum absolute atomic E-state index is 0.110. The summed E-state index contributed by atoms with van der Waals surface area (Å²) in [6.45, 7) is 2.28. The Hall–Kier alpha value is -1.72. The van der Waals surface area contributed by atoms with E-state index in [4.69, 9.17) is 4.74 Å². The predicted molar refractivity (Wildman–Crippen MR) is 81.7 cm³/mol. The molecule has 0 fully saturated rings. The maximum Gasteiger partial charge on any atom is 0.188 e. The molecular weight excluding hydrogens is 272 g/mol. The van der Waals surface area contributed by atoms with Crippen LogP contribution in [0.5, 0.6) is 5.75 Å². The van der Waals surface area contributed by atoms with Crippen molar-refractivity contribution in [1.82, 2.24) is 9.88 Å². The molecule has 0 spiro atoms. The smallest absolute Gasteiger partial charge is 0.188 e. The molecule has 0 atom stereocenters. The first-order valence-corrected chi connectivity index (χ1v) is 7.12. The van der Waals surface area contributed by atoms with Gasteiger partial charge in [0.05, 0.1) is 24.2 Å². The lowest BCUT2D eigenvalue weighted by Crippen LogP contribution is -2.21. The number of thiazole rings is 1. The summed E-state index contributed by atoms with van der Waals surface area (Å²) in [6.07, 6.45) is 0. The average molecular weight is 290 g/mol. The van der Waals surface area contributed by atoms with E-state index in [1.54, 1.807) is 7.11 Å². The first-order valence-electron chi connectivity index (χ1n) is 6.31. The topological polar surface area (TPSA) is 42.4 Å². The molecule has 20 heavy (non-hydrogen) atoms. The van der Waals surface area contributed by atoms with Gasteiger partial charge in [0.1, 0.15) is 10.8 Å². The van der Waals surface area contributed by atoms with Crippen LogP contribution < -0.4 is 4.74 Å². The summed E-state index contributed by atoms with van der Waals surface area (Å²) in [7, 11) is 5.41. The minimum Gasteiger partial charge on any atom is -0.497 e. The van der Waals surface area contributed by atoms with Crippen LogP contribution in [0, 0.1) is 6.92 Å². The predicted octanol–water partition coefficient (Wildman–Crippen LogP) is 2.87. The highest BCUT2D eigenvalue weighted by molar-refractivity contribution is 7.17. The van der Waals surface area contributed by atoms with Crippen LogP contribution in [0.25, 0.3) is 10.6 Å². The molecule has 0 unspecified atom stereocenters. The van der Waals surface area contributed by atoms with Crippen LogP contribution in [0.15, 0.2) is 24.3 Å². The molecule has 0 radical (unpaired) electrons. The first-order chi connectivity index (χ1) is 9.51. The van der Waals surface area contributed by atoms with E-state index in [-0.39, 0.29) is 5.78 Å². The summed E-state index contributed by atoms with van der Waals surface area (Å²) in [5.74, 6) is 0.899. The number of aryl methyl sites for hydroxylation is 1. The summed E-state index contributed by atoms with van der Waals surface area (Å²) >= 11 is 1.44. The number of likely N-dealkylation sites (N-methyl/N-ethyl adjacent to an activating group) is 1. The third kappa shape index (κ3) is 3.23. The zero-order valence-corrected chi connectivity index (χ0v) is 13.0. The zero-order chi connectivity index (χ0) is 14.7. The molecule has 0 aliphatic rings. The van der Waals surface area contributed by atoms with Crippen molar-refractivity contribution in [3.05, 3.63) is 34.8 Å². The largest absolute Gasteiger partial charge is 0.497 e. The molecule has 0 N–H and O–H groups in total. The number of methoxy groups -OCH3 is 1. The molecular formula is C15H18N2O2S. The monoisotopic (exact) mass is 290 g/mol. The Labute approximate surface area is 123 Å². The maximum atomic E-state index is 12.1. The van der Waals surface area contributed by atoms with Crippen molar-refractivity contribution in [2.45, 2.75) is 6.92 Å². The second-order valence-corrected chi connectivity index (χ2v) is 5.83. The molecule has 0 aliphatic carbocycles. The van der Waals surface area contributed by atoms with E-state index in [9.17, 15) is 4.79 Å². The van der Waals surface area contributed by atoms with Crippen molar-refractivity contribution in [3.63, 3.8) is 0 Å². The second kappa shape index (κ2) is 6.15. The van der Waals surface area contributed by atoms with E-state index in [2.05, 4.69) is 4.98 Å². The van der Waals surface area contributed by atoms with Crippen LogP contribution >= 0.6 is 11.3 Å². The minimum atomic E-state index is 0.110. The quantitative estimate of drug-likeness (QED) is 0.794. The fourth-order valence-corrected chi connectivity index (χ4v) is 2.89. The van der Waals surface area contributed by atoms with E-state index < -0.39 is 0 Å². The van der Waals surface area contributed by atoms with Gasteiger partial charge in [-0.1, -0.05) is 12.1 Å². The number of nitrogens with zero attached hydrogens (tertiary/aromatic N) is 2. The van der Waals surface area contributed by atoms with Crippen molar-refractivity contribution in [2.24, 2.45) is 0 Å². The Morgan fingerprint density at radius 3 is 2.80 bits per heavy atom. The number of aromatic nitrogens is 1. The Morgan fingerprint density at radius 2 is 2.15 bits per heavy atom. The third-order valence-corrected chi connectivity index (χ3v) is 4.07. The number of hydrogen-bond donors (Lipinski definition) is 0. The highest BCUT2D eigenvalue weighted by atomic mass is 32.1.